The predicted octanol–water partition coefficient (Wildman–Crippen LogP) is -1.50. The average Bonchev–Trinajstić information content (AvgIpc) is 2.68. The highest BCUT2D eigenvalue weighted by Gasteiger charge is 2.28. The molecule has 0 aliphatic carbocycles. The number of carboxylic acids is 1. The number of likely N-dealkylation sites (tertiary alicyclic amines) is 1. The summed E-state index contributed by atoms with van der Waals surface area (Å²) in [5, 5.41) is 18.3. The second kappa shape index (κ2) is 6.12. The predicted molar refractivity (Wildman–Crippen MR) is 72.2 cm³/mol. The molecule has 2 rings (SSSR count). The number of aliphatic hydroxyl groups is 1. The van der Waals surface area contributed by atoms with E-state index in [0.717, 1.165) is 5.56 Å². The summed E-state index contributed by atoms with van der Waals surface area (Å²) in [5.41, 5.74) is 6.65. The first-order valence-corrected chi connectivity index (χ1v) is 6.35. The van der Waals surface area contributed by atoms with Crippen molar-refractivity contribution in [2.24, 2.45) is 5.73 Å². The van der Waals surface area contributed by atoms with Crippen molar-refractivity contribution < 1.29 is 15.0 Å². The second-order valence-corrected chi connectivity index (χ2v) is 5.07. The van der Waals surface area contributed by atoms with Crippen LogP contribution in [0.3, 0.4) is 0 Å². The van der Waals surface area contributed by atoms with Crippen molar-refractivity contribution in [3.05, 3.63) is 18.0 Å². The van der Waals surface area contributed by atoms with Gasteiger partial charge in [0, 0.05) is 50.7 Å². The van der Waals surface area contributed by atoms with Gasteiger partial charge in [-0.2, -0.15) is 0 Å². The van der Waals surface area contributed by atoms with Crippen LogP contribution in [0.15, 0.2) is 12.4 Å². The summed E-state index contributed by atoms with van der Waals surface area (Å²) in [7, 11) is 1.62. The van der Waals surface area contributed by atoms with Crippen LogP contribution in [0.4, 0.5) is 5.95 Å². The van der Waals surface area contributed by atoms with Crippen molar-refractivity contribution in [3.8, 4) is 0 Å². The summed E-state index contributed by atoms with van der Waals surface area (Å²) >= 11 is 0. The van der Waals surface area contributed by atoms with E-state index in [4.69, 9.17) is 10.8 Å². The molecule has 0 bridgehead atoms. The van der Waals surface area contributed by atoms with Gasteiger partial charge >= 0.3 is 5.97 Å². The first-order valence-electron chi connectivity index (χ1n) is 6.35. The Bertz CT molecular complexity index is 457. The second-order valence-electron chi connectivity index (χ2n) is 5.07. The van der Waals surface area contributed by atoms with E-state index in [2.05, 4.69) is 9.97 Å². The lowest BCUT2D eigenvalue weighted by molar-refractivity contribution is -0.135. The summed E-state index contributed by atoms with van der Waals surface area (Å²) in [6, 6.07) is -0.211. The number of carboxylic acid groups (broad SMARTS) is 1. The summed E-state index contributed by atoms with van der Waals surface area (Å²) in [6.45, 7) is 1.66. The Labute approximate surface area is 116 Å². The molecule has 1 fully saturated rings. The molecular formula is C12H19N5O3. The topological polar surface area (TPSA) is 116 Å². The molecule has 8 nitrogen and oxygen atoms in total. The molecule has 0 amide bonds. The van der Waals surface area contributed by atoms with Gasteiger partial charge in [0.15, 0.2) is 0 Å². The molecule has 0 aromatic carbocycles. The van der Waals surface area contributed by atoms with Gasteiger partial charge in [-0.1, -0.05) is 0 Å². The number of rotatable bonds is 5. The third-order valence-corrected chi connectivity index (χ3v) is 3.22. The molecule has 1 aliphatic rings. The monoisotopic (exact) mass is 281 g/mol. The van der Waals surface area contributed by atoms with Gasteiger partial charge in [-0.3, -0.25) is 9.69 Å². The van der Waals surface area contributed by atoms with Crippen LogP contribution in [0.1, 0.15) is 5.56 Å². The van der Waals surface area contributed by atoms with E-state index < -0.39 is 12.1 Å². The van der Waals surface area contributed by atoms with Gasteiger partial charge in [0.1, 0.15) is 6.54 Å². The zero-order valence-corrected chi connectivity index (χ0v) is 11.3. The molecule has 110 valence electrons. The Morgan fingerprint density at radius 1 is 1.50 bits per heavy atom. The highest BCUT2D eigenvalue weighted by atomic mass is 16.4. The molecule has 0 saturated carbocycles. The molecule has 1 aromatic heterocycles. The summed E-state index contributed by atoms with van der Waals surface area (Å²) < 4.78 is 0. The number of carbonyl (C=O) groups is 1. The highest BCUT2D eigenvalue weighted by molar-refractivity contribution is 5.72. The number of aliphatic hydroxyl groups excluding tert-OH is 1. The minimum atomic E-state index is -0.930. The molecule has 1 aromatic rings. The Hall–Kier alpha value is -1.77. The molecule has 0 spiro atoms. The van der Waals surface area contributed by atoms with Crippen molar-refractivity contribution in [1.82, 2.24) is 14.9 Å². The van der Waals surface area contributed by atoms with Crippen molar-refractivity contribution in [1.29, 1.82) is 0 Å². The van der Waals surface area contributed by atoms with Crippen LogP contribution in [-0.4, -0.2) is 69.9 Å². The van der Waals surface area contributed by atoms with E-state index in [1.54, 1.807) is 19.4 Å². The Kier molecular flexibility index (Phi) is 4.48. The number of nitrogens with zero attached hydrogens (tertiary/aromatic N) is 4. The minimum absolute atomic E-state index is 0.146. The molecule has 0 unspecified atom stereocenters. The third kappa shape index (κ3) is 3.62. The summed E-state index contributed by atoms with van der Waals surface area (Å²) in [5.74, 6) is -0.561. The van der Waals surface area contributed by atoms with Crippen molar-refractivity contribution in [2.75, 3.05) is 31.6 Å². The molecule has 8 heteroatoms. The van der Waals surface area contributed by atoms with E-state index in [1.165, 1.54) is 4.90 Å². The zero-order chi connectivity index (χ0) is 14.7. The quantitative estimate of drug-likeness (QED) is 0.597. The maximum Gasteiger partial charge on any atom is 0.323 e. The molecular weight excluding hydrogens is 262 g/mol. The molecule has 20 heavy (non-hydrogen) atoms. The summed E-state index contributed by atoms with van der Waals surface area (Å²) in [4.78, 5) is 22.4. The molecule has 2 atom stereocenters. The SMILES string of the molecule is CN(CC(=O)O)c1ncc(CN2C[C@@H](N)[C@H](O)C2)cn1. The van der Waals surface area contributed by atoms with Gasteiger partial charge in [0.25, 0.3) is 0 Å². The number of hydrogen-bond donors (Lipinski definition) is 3. The van der Waals surface area contributed by atoms with Crippen LogP contribution < -0.4 is 10.6 Å². The minimum Gasteiger partial charge on any atom is -0.480 e. The first kappa shape index (κ1) is 14.6. The number of aliphatic carboxylic acids is 1. The van der Waals surface area contributed by atoms with E-state index >= 15 is 0 Å². The van der Waals surface area contributed by atoms with Gasteiger partial charge in [-0.15, -0.1) is 0 Å². The number of β-amino-alcohol motifs (C(OH)–C–C–N with tert-alkyl or cyclic N) is 1. The maximum atomic E-state index is 10.6. The van der Waals surface area contributed by atoms with E-state index in [9.17, 15) is 9.90 Å². The molecule has 1 aliphatic heterocycles. The van der Waals surface area contributed by atoms with E-state index in [0.29, 0.717) is 25.6 Å². The number of nitrogens with two attached hydrogens (primary N) is 1. The Balaban J connectivity index is 1.93. The fraction of sp³-hybridized carbons (Fsp3) is 0.583. The summed E-state index contributed by atoms with van der Waals surface area (Å²) in [6.07, 6.45) is 2.84. The third-order valence-electron chi connectivity index (χ3n) is 3.22. The van der Waals surface area contributed by atoms with Crippen LogP contribution >= 0.6 is 0 Å². The van der Waals surface area contributed by atoms with Crippen LogP contribution in [0.2, 0.25) is 0 Å². The van der Waals surface area contributed by atoms with Crippen LogP contribution in [0, 0.1) is 0 Å². The molecule has 1 saturated heterocycles. The number of likely N-dealkylation sites (N-methyl/N-ethyl adjacent to an activating group) is 1. The Morgan fingerprint density at radius 2 is 2.15 bits per heavy atom. The standard InChI is InChI=1S/C12H19N5O3/c1-16(7-11(19)20)12-14-2-8(3-15-12)4-17-5-9(13)10(18)6-17/h2-3,9-10,18H,4-7,13H2,1H3,(H,19,20)/t9-,10-/m1/s1. The molecule has 2 heterocycles. The van der Waals surface area contributed by atoms with Gasteiger partial charge < -0.3 is 20.8 Å². The Morgan fingerprint density at radius 3 is 2.65 bits per heavy atom. The fourth-order valence-electron chi connectivity index (χ4n) is 2.18. The van der Waals surface area contributed by atoms with Crippen molar-refractivity contribution in [3.63, 3.8) is 0 Å². The van der Waals surface area contributed by atoms with Gasteiger partial charge in [-0.25, -0.2) is 9.97 Å². The fourth-order valence-corrected chi connectivity index (χ4v) is 2.18. The van der Waals surface area contributed by atoms with E-state index in [-0.39, 0.29) is 12.6 Å². The van der Waals surface area contributed by atoms with Crippen molar-refractivity contribution >= 4 is 11.9 Å². The zero-order valence-electron chi connectivity index (χ0n) is 11.3. The number of anilines is 1. The number of aromatic nitrogens is 2. The van der Waals surface area contributed by atoms with Gasteiger partial charge in [-0.05, 0) is 0 Å². The van der Waals surface area contributed by atoms with Crippen LogP contribution in [-0.2, 0) is 11.3 Å². The lowest BCUT2D eigenvalue weighted by Gasteiger charge is -2.16. The normalized spacial score (nSPS) is 22.9. The largest absolute Gasteiger partial charge is 0.480 e. The first-order chi connectivity index (χ1) is 9.45. The highest BCUT2D eigenvalue weighted by Crippen LogP contribution is 2.13. The number of hydrogen-bond acceptors (Lipinski definition) is 7. The lowest BCUT2D eigenvalue weighted by atomic mass is 10.2. The average molecular weight is 281 g/mol. The van der Waals surface area contributed by atoms with Gasteiger partial charge in [0.05, 0.1) is 6.10 Å². The van der Waals surface area contributed by atoms with E-state index in [1.807, 2.05) is 4.90 Å². The van der Waals surface area contributed by atoms with Crippen molar-refractivity contribution in [2.45, 2.75) is 18.7 Å². The smallest absolute Gasteiger partial charge is 0.323 e. The van der Waals surface area contributed by atoms with Gasteiger partial charge in [0.2, 0.25) is 5.95 Å². The molecule has 4 N–H and O–H groups in total. The lowest BCUT2D eigenvalue weighted by Crippen LogP contribution is -2.32. The maximum absolute atomic E-state index is 10.6. The van der Waals surface area contributed by atoms with Crippen LogP contribution in [0.25, 0.3) is 0 Å². The van der Waals surface area contributed by atoms with Crippen LogP contribution in [0.5, 0.6) is 0 Å². The molecule has 0 radical (unpaired) electrons.